The van der Waals surface area contributed by atoms with Crippen molar-refractivity contribution in [2.24, 2.45) is 0 Å². The molecular formula is C31H38N4O2. The molecule has 2 saturated heterocycles. The maximum absolute atomic E-state index is 11.3. The summed E-state index contributed by atoms with van der Waals surface area (Å²) < 4.78 is 0. The molecule has 5 rings (SSSR count). The van der Waals surface area contributed by atoms with Crippen molar-refractivity contribution in [2.75, 3.05) is 62.2 Å². The molecule has 0 amide bonds. The Balaban J connectivity index is 0.000000186. The summed E-state index contributed by atoms with van der Waals surface area (Å²) in [5.74, 6) is 0.251. The Morgan fingerprint density at radius 1 is 0.622 bits per heavy atom. The van der Waals surface area contributed by atoms with Gasteiger partial charge in [0.2, 0.25) is 0 Å². The molecule has 0 aliphatic carbocycles. The van der Waals surface area contributed by atoms with E-state index in [1.807, 2.05) is 36.4 Å². The van der Waals surface area contributed by atoms with Crippen LogP contribution in [0.1, 0.15) is 40.1 Å². The van der Waals surface area contributed by atoms with Crippen molar-refractivity contribution < 1.29 is 9.59 Å². The highest BCUT2D eigenvalue weighted by atomic mass is 16.1. The number of anilines is 2. The number of carbonyl (C=O) groups excluding carboxylic acids is 2. The number of carbonyl (C=O) groups is 2. The van der Waals surface area contributed by atoms with Crippen molar-refractivity contribution in [1.29, 1.82) is 0 Å². The molecule has 0 spiro atoms. The Morgan fingerprint density at radius 2 is 1.08 bits per heavy atom. The van der Waals surface area contributed by atoms with Crippen molar-refractivity contribution in [1.82, 2.24) is 10.2 Å². The first-order valence-corrected chi connectivity index (χ1v) is 13.2. The van der Waals surface area contributed by atoms with Crippen LogP contribution in [0.25, 0.3) is 0 Å². The van der Waals surface area contributed by atoms with Crippen molar-refractivity contribution in [3.8, 4) is 0 Å². The number of ketones is 2. The minimum absolute atomic E-state index is 0.124. The van der Waals surface area contributed by atoms with Gasteiger partial charge in [-0.1, -0.05) is 30.3 Å². The van der Waals surface area contributed by atoms with E-state index in [0.717, 1.165) is 70.0 Å². The lowest BCUT2D eigenvalue weighted by Gasteiger charge is -2.36. The molecule has 0 radical (unpaired) electrons. The van der Waals surface area contributed by atoms with Crippen LogP contribution in [0.3, 0.4) is 0 Å². The second-order valence-electron chi connectivity index (χ2n) is 9.69. The molecule has 6 nitrogen and oxygen atoms in total. The molecule has 2 aliphatic rings. The topological polar surface area (TPSA) is 55.9 Å². The van der Waals surface area contributed by atoms with Gasteiger partial charge in [-0.15, -0.1) is 0 Å². The normalized spacial score (nSPS) is 16.1. The molecule has 2 heterocycles. The van der Waals surface area contributed by atoms with Gasteiger partial charge in [-0.05, 0) is 67.9 Å². The number of nitrogens with zero attached hydrogens (tertiary/aromatic N) is 3. The quantitative estimate of drug-likeness (QED) is 0.505. The van der Waals surface area contributed by atoms with Crippen LogP contribution in [-0.4, -0.2) is 68.8 Å². The van der Waals surface area contributed by atoms with Gasteiger partial charge in [-0.3, -0.25) is 14.5 Å². The van der Waals surface area contributed by atoms with Crippen molar-refractivity contribution in [3.63, 3.8) is 0 Å². The van der Waals surface area contributed by atoms with E-state index in [-0.39, 0.29) is 11.6 Å². The predicted octanol–water partition coefficient (Wildman–Crippen LogP) is 4.51. The van der Waals surface area contributed by atoms with E-state index in [1.54, 1.807) is 13.8 Å². The highest BCUT2D eigenvalue weighted by Crippen LogP contribution is 2.19. The fraction of sp³-hybridized carbons (Fsp3) is 0.355. The highest BCUT2D eigenvalue weighted by Gasteiger charge is 2.17. The summed E-state index contributed by atoms with van der Waals surface area (Å²) >= 11 is 0. The molecular weight excluding hydrogens is 460 g/mol. The standard InChI is InChI=1S/C19H22N2O.C12H16N2O/c1-16(22)18-7-9-19(10-8-18)21-13-11-20(12-14-21)15-17-5-3-2-4-6-17;1-10(15)11-2-4-12(5-3-11)14-8-6-13-7-9-14/h2-10H,11-15H2,1H3;2-5,13H,6-9H2,1H3. The summed E-state index contributed by atoms with van der Waals surface area (Å²) in [7, 11) is 0. The summed E-state index contributed by atoms with van der Waals surface area (Å²) in [5, 5.41) is 3.32. The van der Waals surface area contributed by atoms with Gasteiger partial charge in [0, 0.05) is 81.4 Å². The minimum atomic E-state index is 0.124. The molecule has 0 aromatic heterocycles. The number of benzene rings is 3. The maximum Gasteiger partial charge on any atom is 0.159 e. The Labute approximate surface area is 220 Å². The van der Waals surface area contributed by atoms with Crippen LogP contribution in [0.5, 0.6) is 0 Å². The van der Waals surface area contributed by atoms with Gasteiger partial charge in [-0.2, -0.15) is 0 Å². The van der Waals surface area contributed by atoms with Crippen LogP contribution in [-0.2, 0) is 6.54 Å². The average Bonchev–Trinajstić information content (AvgIpc) is 2.95. The van der Waals surface area contributed by atoms with E-state index in [4.69, 9.17) is 0 Å². The second kappa shape index (κ2) is 13.2. The monoisotopic (exact) mass is 498 g/mol. The van der Waals surface area contributed by atoms with Gasteiger partial charge >= 0.3 is 0 Å². The minimum Gasteiger partial charge on any atom is -0.369 e. The predicted molar refractivity (Wildman–Crippen MR) is 152 cm³/mol. The largest absolute Gasteiger partial charge is 0.369 e. The summed E-state index contributed by atoms with van der Waals surface area (Å²) in [5.41, 5.74) is 5.37. The molecule has 37 heavy (non-hydrogen) atoms. The number of hydrogen-bond donors (Lipinski definition) is 1. The molecule has 0 unspecified atom stereocenters. The lowest BCUT2D eigenvalue weighted by molar-refractivity contribution is 0.100. The number of piperazine rings is 2. The van der Waals surface area contributed by atoms with Crippen molar-refractivity contribution in [3.05, 3.63) is 95.6 Å². The third-order valence-electron chi connectivity index (χ3n) is 7.02. The molecule has 2 fully saturated rings. The van der Waals surface area contributed by atoms with E-state index < -0.39 is 0 Å². The molecule has 3 aromatic rings. The Hall–Kier alpha value is -3.48. The zero-order valence-corrected chi connectivity index (χ0v) is 22.0. The van der Waals surface area contributed by atoms with Crippen LogP contribution >= 0.6 is 0 Å². The first-order valence-electron chi connectivity index (χ1n) is 13.2. The van der Waals surface area contributed by atoms with Crippen LogP contribution < -0.4 is 15.1 Å². The van der Waals surface area contributed by atoms with Gasteiger partial charge in [0.15, 0.2) is 11.6 Å². The number of Topliss-reactive ketones (excluding diaryl/α,β-unsaturated/α-hetero) is 2. The molecule has 3 aromatic carbocycles. The van der Waals surface area contributed by atoms with Crippen LogP contribution in [0.2, 0.25) is 0 Å². The second-order valence-corrected chi connectivity index (χ2v) is 9.69. The molecule has 0 bridgehead atoms. The smallest absolute Gasteiger partial charge is 0.159 e. The lowest BCUT2D eigenvalue weighted by atomic mass is 10.1. The third-order valence-corrected chi connectivity index (χ3v) is 7.02. The summed E-state index contributed by atoms with van der Waals surface area (Å²) in [6, 6.07) is 26.5. The number of nitrogens with one attached hydrogen (secondary N) is 1. The van der Waals surface area contributed by atoms with E-state index in [2.05, 4.69) is 62.5 Å². The SMILES string of the molecule is CC(=O)c1ccc(N2CCN(Cc3ccccc3)CC2)cc1.CC(=O)c1ccc(N2CCNCC2)cc1. The van der Waals surface area contributed by atoms with E-state index in [0.29, 0.717) is 0 Å². The summed E-state index contributed by atoms with van der Waals surface area (Å²) in [6.07, 6.45) is 0. The fourth-order valence-electron chi connectivity index (χ4n) is 4.74. The fourth-order valence-corrected chi connectivity index (χ4v) is 4.74. The van der Waals surface area contributed by atoms with Crippen LogP contribution in [0, 0.1) is 0 Å². The Morgan fingerprint density at radius 3 is 1.54 bits per heavy atom. The summed E-state index contributed by atoms with van der Waals surface area (Å²) in [4.78, 5) is 29.7. The van der Waals surface area contributed by atoms with Crippen LogP contribution in [0.4, 0.5) is 11.4 Å². The maximum atomic E-state index is 11.3. The third kappa shape index (κ3) is 7.75. The molecule has 2 aliphatic heterocycles. The van der Waals surface area contributed by atoms with Gasteiger partial charge in [0.25, 0.3) is 0 Å². The molecule has 0 atom stereocenters. The molecule has 0 saturated carbocycles. The van der Waals surface area contributed by atoms with Crippen molar-refractivity contribution >= 4 is 22.9 Å². The van der Waals surface area contributed by atoms with E-state index in [9.17, 15) is 9.59 Å². The average molecular weight is 499 g/mol. The van der Waals surface area contributed by atoms with E-state index >= 15 is 0 Å². The summed E-state index contributed by atoms with van der Waals surface area (Å²) in [6.45, 7) is 12.6. The van der Waals surface area contributed by atoms with Gasteiger partial charge in [0.1, 0.15) is 0 Å². The number of hydrogen-bond acceptors (Lipinski definition) is 6. The first-order chi connectivity index (χ1) is 18.0. The molecule has 194 valence electrons. The highest BCUT2D eigenvalue weighted by molar-refractivity contribution is 5.94. The lowest BCUT2D eigenvalue weighted by Crippen LogP contribution is -2.45. The number of rotatable bonds is 6. The van der Waals surface area contributed by atoms with Crippen LogP contribution in [0.15, 0.2) is 78.9 Å². The van der Waals surface area contributed by atoms with Gasteiger partial charge in [-0.25, -0.2) is 0 Å². The van der Waals surface area contributed by atoms with E-state index in [1.165, 1.54) is 16.9 Å². The molecule has 6 heteroatoms. The van der Waals surface area contributed by atoms with Gasteiger partial charge < -0.3 is 15.1 Å². The van der Waals surface area contributed by atoms with Gasteiger partial charge in [0.05, 0.1) is 0 Å². The Kier molecular flexibility index (Phi) is 9.46. The first kappa shape index (κ1) is 26.6. The Bertz CT molecular complexity index is 1130. The zero-order valence-electron chi connectivity index (χ0n) is 22.0. The molecule has 1 N–H and O–H groups in total. The van der Waals surface area contributed by atoms with Crippen molar-refractivity contribution in [2.45, 2.75) is 20.4 Å². The zero-order chi connectivity index (χ0) is 26.0.